The summed E-state index contributed by atoms with van der Waals surface area (Å²) in [5.41, 5.74) is -0.821. The zero-order chi connectivity index (χ0) is 13.8. The predicted molar refractivity (Wildman–Crippen MR) is 60.6 cm³/mol. The van der Waals surface area contributed by atoms with E-state index in [0.717, 1.165) is 0 Å². The molecule has 0 amide bonds. The molecule has 19 heavy (non-hydrogen) atoms. The van der Waals surface area contributed by atoms with Crippen LogP contribution in [0.3, 0.4) is 0 Å². The van der Waals surface area contributed by atoms with Crippen LogP contribution in [0.5, 0.6) is 0 Å². The van der Waals surface area contributed by atoms with E-state index >= 15 is 0 Å². The Hall–Kier alpha value is -1.95. The highest BCUT2D eigenvalue weighted by Crippen LogP contribution is 2.51. The fraction of sp³-hybridized carbons (Fsp3) is 0.462. The van der Waals surface area contributed by atoms with Crippen molar-refractivity contribution in [2.75, 3.05) is 6.61 Å². The van der Waals surface area contributed by atoms with Crippen molar-refractivity contribution in [3.8, 4) is 0 Å². The van der Waals surface area contributed by atoms with Gasteiger partial charge in [0.05, 0.1) is 6.10 Å². The Morgan fingerprint density at radius 2 is 2.21 bits per heavy atom. The molecule has 0 N–H and O–H groups in total. The summed E-state index contributed by atoms with van der Waals surface area (Å²) < 4.78 is 15.4. The maximum atomic E-state index is 11.7. The van der Waals surface area contributed by atoms with Gasteiger partial charge in [0.25, 0.3) is 0 Å². The number of cyclic esters (lactones) is 2. The fourth-order valence-electron chi connectivity index (χ4n) is 2.77. The van der Waals surface area contributed by atoms with Crippen LogP contribution in [0.2, 0.25) is 0 Å². The second kappa shape index (κ2) is 3.77. The molecule has 3 aliphatic heterocycles. The molecule has 6 heteroatoms. The van der Waals surface area contributed by atoms with E-state index in [1.54, 1.807) is 12.2 Å². The van der Waals surface area contributed by atoms with Crippen LogP contribution in [-0.4, -0.2) is 36.2 Å². The molecule has 2 fully saturated rings. The Morgan fingerprint density at radius 1 is 1.47 bits per heavy atom. The van der Waals surface area contributed by atoms with Crippen molar-refractivity contribution < 1.29 is 28.6 Å². The van der Waals surface area contributed by atoms with E-state index in [1.165, 1.54) is 6.92 Å². The van der Waals surface area contributed by atoms with Crippen LogP contribution in [-0.2, 0) is 28.6 Å². The fourth-order valence-corrected chi connectivity index (χ4v) is 2.77. The normalized spacial score (nSPS) is 38.3. The van der Waals surface area contributed by atoms with Crippen LogP contribution in [0.25, 0.3) is 0 Å². The molecule has 0 aromatic rings. The van der Waals surface area contributed by atoms with E-state index in [9.17, 15) is 14.4 Å². The van der Waals surface area contributed by atoms with E-state index < -0.39 is 41.4 Å². The molecule has 0 saturated carbocycles. The van der Waals surface area contributed by atoms with Gasteiger partial charge in [0.2, 0.25) is 0 Å². The zero-order valence-electron chi connectivity index (χ0n) is 10.3. The monoisotopic (exact) mass is 264 g/mol. The Bertz CT molecular complexity index is 533. The summed E-state index contributed by atoms with van der Waals surface area (Å²) in [5, 5.41) is 0. The smallest absolute Gasteiger partial charge is 0.333 e. The first kappa shape index (κ1) is 12.1. The van der Waals surface area contributed by atoms with Crippen LogP contribution in [0.15, 0.2) is 24.3 Å². The van der Waals surface area contributed by atoms with E-state index in [4.69, 9.17) is 9.47 Å². The first-order valence-electron chi connectivity index (χ1n) is 5.90. The lowest BCUT2D eigenvalue weighted by Crippen LogP contribution is -2.42. The first-order valence-corrected chi connectivity index (χ1v) is 5.90. The average Bonchev–Trinajstić information content (AvgIpc) is 2.98. The van der Waals surface area contributed by atoms with Crippen LogP contribution < -0.4 is 0 Å². The van der Waals surface area contributed by atoms with Gasteiger partial charge in [-0.15, -0.1) is 0 Å². The van der Waals surface area contributed by atoms with Crippen molar-refractivity contribution in [1.29, 1.82) is 0 Å². The van der Waals surface area contributed by atoms with Crippen molar-refractivity contribution >= 4 is 17.9 Å². The van der Waals surface area contributed by atoms with Gasteiger partial charge in [-0.25, -0.2) is 4.79 Å². The number of fused-ring (bicyclic) bond motifs is 5. The van der Waals surface area contributed by atoms with Crippen molar-refractivity contribution in [2.24, 2.45) is 11.8 Å². The van der Waals surface area contributed by atoms with Crippen molar-refractivity contribution in [3.05, 3.63) is 24.3 Å². The quantitative estimate of drug-likeness (QED) is 0.312. The van der Waals surface area contributed by atoms with Gasteiger partial charge in [0.1, 0.15) is 24.0 Å². The number of hydrogen-bond acceptors (Lipinski definition) is 6. The minimum atomic E-state index is -1.08. The van der Waals surface area contributed by atoms with Gasteiger partial charge in [0, 0.05) is 5.57 Å². The molecule has 6 nitrogen and oxygen atoms in total. The minimum absolute atomic E-state index is 0.130. The molecule has 0 aliphatic carbocycles. The van der Waals surface area contributed by atoms with Gasteiger partial charge in [-0.1, -0.05) is 12.7 Å². The summed E-state index contributed by atoms with van der Waals surface area (Å²) in [4.78, 5) is 34.7. The topological polar surface area (TPSA) is 78.9 Å². The Kier molecular flexibility index (Phi) is 2.40. The lowest BCUT2D eigenvalue weighted by atomic mass is 9.77. The summed E-state index contributed by atoms with van der Waals surface area (Å²) in [7, 11) is 0. The maximum Gasteiger partial charge on any atom is 0.333 e. The van der Waals surface area contributed by atoms with E-state index in [1.807, 2.05) is 0 Å². The van der Waals surface area contributed by atoms with E-state index in [-0.39, 0.29) is 12.2 Å². The third-order valence-corrected chi connectivity index (χ3v) is 3.67. The molecule has 3 heterocycles. The molecule has 2 saturated heterocycles. The highest BCUT2D eigenvalue weighted by Gasteiger charge is 2.67. The van der Waals surface area contributed by atoms with Crippen LogP contribution >= 0.6 is 0 Å². The van der Waals surface area contributed by atoms with Gasteiger partial charge in [-0.3, -0.25) is 9.59 Å². The molecule has 100 valence electrons. The van der Waals surface area contributed by atoms with Crippen LogP contribution in [0.1, 0.15) is 6.92 Å². The van der Waals surface area contributed by atoms with Gasteiger partial charge in [-0.2, -0.15) is 0 Å². The molecular formula is C13H12O6. The molecule has 2 bridgehead atoms. The van der Waals surface area contributed by atoms with Gasteiger partial charge < -0.3 is 14.2 Å². The molecule has 3 rings (SSSR count). The number of ether oxygens (including phenoxy) is 3. The Balaban J connectivity index is 1.82. The highest BCUT2D eigenvalue weighted by atomic mass is 16.6. The maximum absolute atomic E-state index is 11.7. The van der Waals surface area contributed by atoms with Gasteiger partial charge in [-0.05, 0) is 13.0 Å². The van der Waals surface area contributed by atoms with Gasteiger partial charge >= 0.3 is 17.9 Å². The summed E-state index contributed by atoms with van der Waals surface area (Å²) in [5.74, 6) is -3.10. The lowest BCUT2D eigenvalue weighted by molar-refractivity contribution is -0.162. The number of esters is 3. The Labute approximate surface area is 109 Å². The second-order valence-electron chi connectivity index (χ2n) is 5.00. The number of carbonyl (C=O) groups is 3. The largest absolute Gasteiger partial charge is 0.459 e. The molecule has 0 aromatic carbocycles. The van der Waals surface area contributed by atoms with E-state index in [2.05, 4.69) is 11.3 Å². The first-order chi connectivity index (χ1) is 8.94. The summed E-state index contributed by atoms with van der Waals surface area (Å²) in [6.07, 6.45) is 2.90. The summed E-state index contributed by atoms with van der Waals surface area (Å²) >= 11 is 0. The molecule has 3 aliphatic rings. The summed E-state index contributed by atoms with van der Waals surface area (Å²) in [6.45, 7) is 4.87. The van der Waals surface area contributed by atoms with Crippen LogP contribution in [0.4, 0.5) is 0 Å². The van der Waals surface area contributed by atoms with Gasteiger partial charge in [0.15, 0.2) is 0 Å². The molecule has 0 aromatic heterocycles. The summed E-state index contributed by atoms with van der Waals surface area (Å²) in [6, 6.07) is 0. The standard InChI is InChI=1S/C13H12O6/c1-6(2)10(14)17-5-13-4-3-7(19-13)8-9(13)12(16)18-11(8)15/h3-4,7-9H,1,5H2,2H3/t7-,8-,9+,13-/m0/s1. The molecule has 4 atom stereocenters. The predicted octanol–water partition coefficient (Wildman–Crippen LogP) is 0.129. The van der Waals surface area contributed by atoms with Crippen molar-refractivity contribution in [3.63, 3.8) is 0 Å². The van der Waals surface area contributed by atoms with E-state index in [0.29, 0.717) is 0 Å². The molecule has 0 unspecified atom stereocenters. The average molecular weight is 264 g/mol. The van der Waals surface area contributed by atoms with Crippen molar-refractivity contribution in [2.45, 2.75) is 18.6 Å². The highest BCUT2D eigenvalue weighted by molar-refractivity contribution is 5.99. The van der Waals surface area contributed by atoms with Crippen molar-refractivity contribution in [1.82, 2.24) is 0 Å². The second-order valence-corrected chi connectivity index (χ2v) is 5.00. The lowest BCUT2D eigenvalue weighted by Gasteiger charge is -2.26. The van der Waals surface area contributed by atoms with Crippen LogP contribution in [0, 0.1) is 11.8 Å². The number of rotatable bonds is 3. The third-order valence-electron chi connectivity index (χ3n) is 3.67. The zero-order valence-corrected chi connectivity index (χ0v) is 10.3. The number of carbonyl (C=O) groups excluding carboxylic acids is 3. The Morgan fingerprint density at radius 3 is 2.89 bits per heavy atom. The molecule has 0 radical (unpaired) electrons. The minimum Gasteiger partial charge on any atom is -0.459 e. The SMILES string of the molecule is C=C(C)C(=O)OC[C@]12C=C[C@H](O1)[C@@H]1C(=O)OC(=O)[C@@H]12. The molecule has 0 spiro atoms. The number of hydrogen-bond donors (Lipinski definition) is 0. The third kappa shape index (κ3) is 1.56. The molecular weight excluding hydrogens is 252 g/mol.